The zero-order valence-electron chi connectivity index (χ0n) is 15.7. The molecule has 4 nitrogen and oxygen atoms in total. The van der Waals surface area contributed by atoms with Gasteiger partial charge in [-0.2, -0.15) is 0 Å². The van der Waals surface area contributed by atoms with Gasteiger partial charge >= 0.3 is 11.9 Å². The molecule has 8 unspecified atom stereocenters. The maximum atomic E-state index is 13.6. The van der Waals surface area contributed by atoms with E-state index in [0.717, 1.165) is 11.8 Å². The molecule has 4 heteroatoms. The van der Waals surface area contributed by atoms with Crippen LogP contribution in [0, 0.1) is 93.7 Å². The van der Waals surface area contributed by atoms with E-state index in [2.05, 4.69) is 0 Å². The number of allylic oxidation sites excluding steroid dienone is 4. The first-order valence-corrected chi connectivity index (χ1v) is 11.3. The molecule has 0 radical (unpaired) electrons. The van der Waals surface area contributed by atoms with Crippen molar-refractivity contribution in [1.82, 2.24) is 0 Å². The number of methoxy groups -OCH3 is 2. The van der Waals surface area contributed by atoms with Gasteiger partial charge in [0.1, 0.15) is 0 Å². The third-order valence-corrected chi connectivity index (χ3v) is 13.3. The van der Waals surface area contributed by atoms with Gasteiger partial charge in [-0.1, -0.05) is 22.3 Å². The highest BCUT2D eigenvalue weighted by molar-refractivity contribution is 5.92. The van der Waals surface area contributed by atoms with Crippen LogP contribution in [-0.4, -0.2) is 26.2 Å². The van der Waals surface area contributed by atoms with Crippen LogP contribution >= 0.6 is 0 Å². The molecule has 16 atom stereocenters. The molecule has 0 aromatic carbocycles. The molecule has 0 aromatic heterocycles. The van der Waals surface area contributed by atoms with Gasteiger partial charge in [-0.05, 0) is 59.2 Å². The molecular formula is C24H20O4. The fraction of sp³-hybridized carbons (Fsp3) is 0.750. The van der Waals surface area contributed by atoms with E-state index in [1.54, 1.807) is 36.5 Å². The van der Waals surface area contributed by atoms with Gasteiger partial charge in [0.25, 0.3) is 0 Å². The smallest absolute Gasteiger partial charge is 0.313 e. The molecule has 0 amide bonds. The Labute approximate surface area is 161 Å². The van der Waals surface area contributed by atoms with Crippen LogP contribution in [0.2, 0.25) is 0 Å². The molecule has 0 aromatic rings. The van der Waals surface area contributed by atoms with Gasteiger partial charge in [0.05, 0.1) is 25.0 Å². The van der Waals surface area contributed by atoms with E-state index < -0.39 is 0 Å². The number of ether oxygens (including phenoxy) is 2. The molecule has 8 fully saturated rings. The van der Waals surface area contributed by atoms with Crippen LogP contribution in [0.15, 0.2) is 22.3 Å². The molecule has 0 spiro atoms. The summed E-state index contributed by atoms with van der Waals surface area (Å²) in [6.07, 6.45) is 0. The Hall–Kier alpha value is -1.58. The summed E-state index contributed by atoms with van der Waals surface area (Å²) in [5, 5.41) is 0. The zero-order chi connectivity index (χ0) is 18.0. The molecule has 0 heterocycles. The minimum Gasteiger partial charge on any atom is -0.469 e. The van der Waals surface area contributed by atoms with E-state index >= 15 is 0 Å². The Kier molecular flexibility index (Phi) is 1.33. The highest BCUT2D eigenvalue weighted by atomic mass is 16.5. The highest BCUT2D eigenvalue weighted by Gasteiger charge is 3.02. The number of hydrogen-bond donors (Lipinski definition) is 0. The Morgan fingerprint density at radius 1 is 0.607 bits per heavy atom. The SMILES string of the molecule is COC(=O)C12C3[C@@H]4C5=C6[C@H]7C4C4[C@H]8C9=C([C@@H]43)[C@@H]1C1C([C@@H]6C(C(=O)OC)(C87)[C@@H]91)[C@H]52. The molecule has 0 N–H and O–H groups in total. The summed E-state index contributed by atoms with van der Waals surface area (Å²) < 4.78 is 11.2. The van der Waals surface area contributed by atoms with Crippen molar-refractivity contribution in [2.24, 2.45) is 93.7 Å². The normalized spacial score (nSPS) is 75.1. The minimum atomic E-state index is -0.251. The number of hydrogen-bond acceptors (Lipinski definition) is 4. The number of carbonyl (C=O) groups is 2. The van der Waals surface area contributed by atoms with Crippen molar-refractivity contribution in [2.45, 2.75) is 0 Å². The third kappa shape index (κ3) is 0.625. The Balaban J connectivity index is 1.40. The number of rotatable bonds is 2. The lowest BCUT2D eigenvalue weighted by Crippen LogP contribution is -2.47. The standard InChI is InChI=1S/C24H20O4/c1-27-21(25)23-15-5-3-4-6(15)10-12-8(4)16-7(3)11-9(5)17(23)13-14(18(10)23)20(12)24(16,19(11)13)22(26)28-2/h3-8,13-20H,1-2H3/t3?,4?,5-,6+,7+,8-,13?,14?,15?,16?,17-,18+,19+,20-,23?,24?. The summed E-state index contributed by atoms with van der Waals surface area (Å²) in [4.78, 5) is 27.2. The molecule has 140 valence electrons. The Morgan fingerprint density at radius 2 is 0.929 bits per heavy atom. The lowest BCUT2D eigenvalue weighted by Gasteiger charge is -2.39. The molecule has 12 aliphatic carbocycles. The summed E-state index contributed by atoms with van der Waals surface area (Å²) in [5.74, 6) is 8.13. The van der Waals surface area contributed by atoms with Gasteiger partial charge in [0, 0.05) is 23.7 Å². The molecule has 0 aliphatic heterocycles. The van der Waals surface area contributed by atoms with E-state index in [-0.39, 0.29) is 22.8 Å². The minimum absolute atomic E-state index is 0.111. The lowest BCUT2D eigenvalue weighted by atomic mass is 9.63. The van der Waals surface area contributed by atoms with Crippen molar-refractivity contribution in [3.8, 4) is 0 Å². The summed E-state index contributed by atoms with van der Waals surface area (Å²) in [6, 6.07) is 0. The summed E-state index contributed by atoms with van der Waals surface area (Å²) in [5.41, 5.74) is 6.38. The van der Waals surface area contributed by atoms with Gasteiger partial charge in [-0.3, -0.25) is 9.59 Å². The topological polar surface area (TPSA) is 52.6 Å². The first-order chi connectivity index (χ1) is 13.7. The monoisotopic (exact) mass is 372 g/mol. The van der Waals surface area contributed by atoms with E-state index in [4.69, 9.17) is 9.47 Å². The molecule has 28 heavy (non-hydrogen) atoms. The molecular weight excluding hydrogens is 352 g/mol. The number of esters is 2. The average Bonchev–Trinajstić information content (AvgIpc) is 3.43. The lowest BCUT2D eigenvalue weighted by molar-refractivity contribution is -0.163. The van der Waals surface area contributed by atoms with Crippen molar-refractivity contribution in [1.29, 1.82) is 0 Å². The van der Waals surface area contributed by atoms with E-state index in [9.17, 15) is 9.59 Å². The quantitative estimate of drug-likeness (QED) is 0.547. The van der Waals surface area contributed by atoms with E-state index in [1.807, 2.05) is 0 Å². The predicted octanol–water partition coefficient (Wildman–Crippen LogP) is 1.67. The second-order valence-electron chi connectivity index (χ2n) is 12.0. The first-order valence-electron chi connectivity index (χ1n) is 11.3. The maximum Gasteiger partial charge on any atom is 0.313 e. The molecule has 12 rings (SSSR count). The van der Waals surface area contributed by atoms with Crippen molar-refractivity contribution in [2.75, 3.05) is 14.2 Å². The second-order valence-corrected chi connectivity index (χ2v) is 12.0. The van der Waals surface area contributed by atoms with E-state index in [1.165, 1.54) is 0 Å². The molecule has 8 saturated carbocycles. The van der Waals surface area contributed by atoms with Crippen molar-refractivity contribution in [3.05, 3.63) is 22.3 Å². The van der Waals surface area contributed by atoms with E-state index in [0.29, 0.717) is 71.0 Å². The Morgan fingerprint density at radius 3 is 1.21 bits per heavy atom. The van der Waals surface area contributed by atoms with Gasteiger partial charge in [0.15, 0.2) is 0 Å². The predicted molar refractivity (Wildman–Crippen MR) is 91.8 cm³/mol. The zero-order valence-corrected chi connectivity index (χ0v) is 15.7. The van der Waals surface area contributed by atoms with Crippen molar-refractivity contribution < 1.29 is 19.1 Å². The first kappa shape index (κ1) is 12.9. The van der Waals surface area contributed by atoms with Gasteiger partial charge in [0.2, 0.25) is 0 Å². The van der Waals surface area contributed by atoms with Crippen molar-refractivity contribution in [3.63, 3.8) is 0 Å². The summed E-state index contributed by atoms with van der Waals surface area (Å²) in [7, 11) is 3.23. The maximum absolute atomic E-state index is 13.6. The fourth-order valence-electron chi connectivity index (χ4n) is 14.7. The van der Waals surface area contributed by atoms with Crippen LogP contribution in [0.5, 0.6) is 0 Å². The van der Waals surface area contributed by atoms with Crippen LogP contribution in [0.25, 0.3) is 0 Å². The fourth-order valence-corrected chi connectivity index (χ4v) is 14.7. The second kappa shape index (κ2) is 2.89. The number of carbonyl (C=O) groups excluding carboxylic acids is 2. The third-order valence-electron chi connectivity index (χ3n) is 13.3. The van der Waals surface area contributed by atoms with Crippen LogP contribution in [0.4, 0.5) is 0 Å². The van der Waals surface area contributed by atoms with Crippen LogP contribution < -0.4 is 0 Å². The van der Waals surface area contributed by atoms with Gasteiger partial charge in [-0.25, -0.2) is 0 Å². The largest absolute Gasteiger partial charge is 0.469 e. The van der Waals surface area contributed by atoms with Crippen LogP contribution in [0.3, 0.4) is 0 Å². The Bertz CT molecular complexity index is 1010. The van der Waals surface area contributed by atoms with Crippen LogP contribution in [0.1, 0.15) is 0 Å². The van der Waals surface area contributed by atoms with Crippen LogP contribution in [-0.2, 0) is 19.1 Å². The summed E-state index contributed by atoms with van der Waals surface area (Å²) in [6.45, 7) is 0. The van der Waals surface area contributed by atoms with Gasteiger partial charge < -0.3 is 9.47 Å². The molecule has 0 saturated heterocycles. The van der Waals surface area contributed by atoms with Crippen molar-refractivity contribution >= 4 is 11.9 Å². The highest BCUT2D eigenvalue weighted by Crippen LogP contribution is 3.03. The molecule has 0 bridgehead atoms. The summed E-state index contributed by atoms with van der Waals surface area (Å²) >= 11 is 0. The molecule has 12 aliphatic rings. The average molecular weight is 372 g/mol. The van der Waals surface area contributed by atoms with Gasteiger partial charge in [-0.15, -0.1) is 0 Å².